The molecule has 1 saturated carbocycles. The molecule has 1 aliphatic carbocycles. The second kappa shape index (κ2) is 5.94. The summed E-state index contributed by atoms with van der Waals surface area (Å²) in [5.41, 5.74) is 1.15. The summed E-state index contributed by atoms with van der Waals surface area (Å²) in [6.07, 6.45) is 2.30. The Morgan fingerprint density at radius 2 is 1.80 bits per heavy atom. The fraction of sp³-hybridized carbons (Fsp3) is 0.562. The quantitative estimate of drug-likeness (QED) is 0.610. The first-order valence-electron chi connectivity index (χ1n) is 7.75. The van der Waals surface area contributed by atoms with Crippen LogP contribution in [0, 0.1) is 0 Å². The number of hydrogen-bond acceptors (Lipinski definition) is 1. The van der Waals surface area contributed by atoms with Gasteiger partial charge in [-0.25, -0.2) is 0 Å². The molecule has 20 heavy (non-hydrogen) atoms. The summed E-state index contributed by atoms with van der Waals surface area (Å²) in [6, 6.07) is 10.7. The average molecular weight is 275 g/mol. The third-order valence-electron chi connectivity index (χ3n) is 4.47. The first kappa shape index (κ1) is 13.6. The average Bonchev–Trinajstić information content (AvgIpc) is 3.26. The van der Waals surface area contributed by atoms with Crippen LogP contribution in [-0.2, 0) is 4.79 Å². The highest BCUT2D eigenvalue weighted by atomic mass is 16.2. The molecule has 0 radical (unpaired) electrons. The molecule has 1 aromatic carbocycles. The number of likely N-dealkylation sites (N-methyl/N-ethyl adjacent to an activating group) is 1. The standard InChI is InChI=1S/C16H23N3O/c1-18-9-11-19(12-10-18)15(13-5-3-2-4-6-13)16(20)17-14-7-8-14/h2-6,14-15H,7-12H2,1H3,(H,17,20)/p+2/t15-/m0/s1. The minimum atomic E-state index is -0.0371. The Labute approximate surface area is 120 Å². The lowest BCUT2D eigenvalue weighted by Gasteiger charge is -2.32. The van der Waals surface area contributed by atoms with Crippen LogP contribution in [-0.4, -0.2) is 45.2 Å². The fourth-order valence-electron chi connectivity index (χ4n) is 3.02. The van der Waals surface area contributed by atoms with Gasteiger partial charge in [0.25, 0.3) is 5.91 Å². The maximum absolute atomic E-state index is 12.6. The second-order valence-corrected chi connectivity index (χ2v) is 6.24. The summed E-state index contributed by atoms with van der Waals surface area (Å²) in [6.45, 7) is 4.44. The van der Waals surface area contributed by atoms with E-state index in [-0.39, 0.29) is 11.9 Å². The molecule has 4 nitrogen and oxygen atoms in total. The summed E-state index contributed by atoms with van der Waals surface area (Å²) in [4.78, 5) is 15.6. The maximum atomic E-state index is 12.6. The first-order valence-corrected chi connectivity index (χ1v) is 7.75. The highest BCUT2D eigenvalue weighted by Crippen LogP contribution is 2.20. The van der Waals surface area contributed by atoms with Gasteiger partial charge in [0.15, 0.2) is 6.04 Å². The summed E-state index contributed by atoms with van der Waals surface area (Å²) in [5, 5.41) is 3.19. The Morgan fingerprint density at radius 1 is 1.15 bits per heavy atom. The van der Waals surface area contributed by atoms with Gasteiger partial charge in [-0.1, -0.05) is 30.3 Å². The van der Waals surface area contributed by atoms with Crippen molar-refractivity contribution in [2.45, 2.75) is 24.9 Å². The van der Waals surface area contributed by atoms with Gasteiger partial charge in [-0.2, -0.15) is 0 Å². The Kier molecular flexibility index (Phi) is 4.03. The zero-order valence-corrected chi connectivity index (χ0v) is 12.2. The van der Waals surface area contributed by atoms with E-state index in [9.17, 15) is 4.79 Å². The predicted octanol–water partition coefficient (Wildman–Crippen LogP) is -1.58. The zero-order chi connectivity index (χ0) is 13.9. The molecule has 4 heteroatoms. The van der Waals surface area contributed by atoms with Crippen LogP contribution >= 0.6 is 0 Å². The van der Waals surface area contributed by atoms with Gasteiger partial charge in [0, 0.05) is 11.6 Å². The van der Waals surface area contributed by atoms with Gasteiger partial charge in [-0.05, 0) is 12.8 Å². The molecule has 1 aromatic rings. The van der Waals surface area contributed by atoms with E-state index in [4.69, 9.17) is 0 Å². The monoisotopic (exact) mass is 275 g/mol. The minimum Gasteiger partial charge on any atom is -0.348 e. The number of benzene rings is 1. The minimum absolute atomic E-state index is 0.0371. The molecule has 1 atom stereocenters. The van der Waals surface area contributed by atoms with Crippen LogP contribution < -0.4 is 15.1 Å². The molecule has 0 unspecified atom stereocenters. The molecule has 2 fully saturated rings. The van der Waals surface area contributed by atoms with Crippen molar-refractivity contribution in [3.8, 4) is 0 Å². The molecule has 3 rings (SSSR count). The van der Waals surface area contributed by atoms with Crippen LogP contribution in [0.1, 0.15) is 24.4 Å². The second-order valence-electron chi connectivity index (χ2n) is 6.24. The third-order valence-corrected chi connectivity index (χ3v) is 4.47. The van der Waals surface area contributed by atoms with E-state index in [0.717, 1.165) is 44.6 Å². The van der Waals surface area contributed by atoms with Gasteiger partial charge < -0.3 is 15.1 Å². The zero-order valence-electron chi connectivity index (χ0n) is 12.2. The van der Waals surface area contributed by atoms with Crippen molar-refractivity contribution in [1.82, 2.24) is 5.32 Å². The number of rotatable bonds is 4. The van der Waals surface area contributed by atoms with Crippen LogP contribution in [0.5, 0.6) is 0 Å². The van der Waals surface area contributed by atoms with Crippen LogP contribution in [0.15, 0.2) is 30.3 Å². The molecule has 1 aliphatic heterocycles. The van der Waals surface area contributed by atoms with Crippen molar-refractivity contribution in [3.63, 3.8) is 0 Å². The summed E-state index contributed by atoms with van der Waals surface area (Å²) >= 11 is 0. The van der Waals surface area contributed by atoms with E-state index >= 15 is 0 Å². The lowest BCUT2D eigenvalue weighted by molar-refractivity contribution is -1.01. The van der Waals surface area contributed by atoms with Gasteiger partial charge in [0.1, 0.15) is 26.2 Å². The Balaban J connectivity index is 1.77. The molecule has 0 aromatic heterocycles. The number of hydrogen-bond donors (Lipinski definition) is 3. The highest BCUT2D eigenvalue weighted by molar-refractivity contribution is 5.82. The molecule has 3 N–H and O–H groups in total. The Hall–Kier alpha value is -1.39. The molecule has 2 aliphatic rings. The maximum Gasteiger partial charge on any atom is 0.283 e. The Bertz CT molecular complexity index is 450. The fourth-order valence-corrected chi connectivity index (χ4v) is 3.02. The molecule has 108 valence electrons. The molecule has 1 amide bonds. The van der Waals surface area contributed by atoms with Crippen molar-refractivity contribution < 1.29 is 14.6 Å². The largest absolute Gasteiger partial charge is 0.348 e. The predicted molar refractivity (Wildman–Crippen MR) is 77.7 cm³/mol. The summed E-state index contributed by atoms with van der Waals surface area (Å²) in [7, 11) is 2.23. The SMILES string of the molecule is C[NH+]1CC[NH+]([C@H](C(=O)NC2CC2)c2ccccc2)CC1. The number of carbonyl (C=O) groups excluding carboxylic acids is 1. The van der Waals surface area contributed by atoms with E-state index < -0.39 is 0 Å². The number of amides is 1. The summed E-state index contributed by atoms with van der Waals surface area (Å²) in [5.74, 6) is 0.216. The normalized spacial score (nSPS) is 27.9. The van der Waals surface area contributed by atoms with Crippen LogP contribution in [0.3, 0.4) is 0 Å². The van der Waals surface area contributed by atoms with Gasteiger partial charge in [0.2, 0.25) is 0 Å². The van der Waals surface area contributed by atoms with Crippen molar-refractivity contribution in [2.75, 3.05) is 33.2 Å². The number of carbonyl (C=O) groups is 1. The van der Waals surface area contributed by atoms with E-state index in [1.807, 2.05) is 18.2 Å². The van der Waals surface area contributed by atoms with Crippen molar-refractivity contribution in [1.29, 1.82) is 0 Å². The van der Waals surface area contributed by atoms with E-state index in [2.05, 4.69) is 24.5 Å². The molecule has 0 bridgehead atoms. The molecule has 0 spiro atoms. The van der Waals surface area contributed by atoms with Crippen LogP contribution in [0.2, 0.25) is 0 Å². The van der Waals surface area contributed by atoms with Crippen LogP contribution in [0.25, 0.3) is 0 Å². The van der Waals surface area contributed by atoms with Crippen molar-refractivity contribution >= 4 is 5.91 Å². The number of quaternary nitrogens is 2. The molecular weight excluding hydrogens is 250 g/mol. The van der Waals surface area contributed by atoms with Gasteiger partial charge >= 0.3 is 0 Å². The molecule has 1 heterocycles. The van der Waals surface area contributed by atoms with Crippen LogP contribution in [0.4, 0.5) is 0 Å². The third kappa shape index (κ3) is 3.19. The smallest absolute Gasteiger partial charge is 0.283 e. The van der Waals surface area contributed by atoms with Crippen molar-refractivity contribution in [3.05, 3.63) is 35.9 Å². The highest BCUT2D eigenvalue weighted by Gasteiger charge is 2.37. The number of piperazine rings is 1. The van der Waals surface area contributed by atoms with E-state index in [1.54, 1.807) is 4.90 Å². The van der Waals surface area contributed by atoms with Gasteiger partial charge in [-0.3, -0.25) is 4.79 Å². The summed E-state index contributed by atoms with van der Waals surface area (Å²) < 4.78 is 0. The van der Waals surface area contributed by atoms with E-state index in [0.29, 0.717) is 6.04 Å². The van der Waals surface area contributed by atoms with Gasteiger partial charge in [0.05, 0.1) is 7.05 Å². The molecular formula is C16H25N3O+2. The van der Waals surface area contributed by atoms with E-state index in [1.165, 1.54) is 4.90 Å². The first-order chi connectivity index (χ1) is 9.74. The Morgan fingerprint density at radius 3 is 2.40 bits per heavy atom. The molecule has 1 saturated heterocycles. The van der Waals surface area contributed by atoms with Crippen molar-refractivity contribution in [2.24, 2.45) is 0 Å². The topological polar surface area (TPSA) is 38.0 Å². The van der Waals surface area contributed by atoms with Gasteiger partial charge in [-0.15, -0.1) is 0 Å². The lowest BCUT2D eigenvalue weighted by atomic mass is 10.0. The number of nitrogens with one attached hydrogen (secondary N) is 3. The lowest BCUT2D eigenvalue weighted by Crippen LogP contribution is -3.27.